The van der Waals surface area contributed by atoms with Crippen LogP contribution >= 0.6 is 46.6 Å². The molecule has 0 atom stereocenters. The third-order valence-electron chi connectivity index (χ3n) is 2.57. The minimum atomic E-state index is 0.254. The van der Waals surface area contributed by atoms with Crippen molar-refractivity contribution in [3.05, 3.63) is 51.6 Å². The Morgan fingerprint density at radius 2 is 1.79 bits per heavy atom. The third-order valence-corrected chi connectivity index (χ3v) is 4.58. The molecule has 96 valence electrons. The van der Waals surface area contributed by atoms with Gasteiger partial charge in [-0.25, -0.2) is 4.98 Å². The minimum absolute atomic E-state index is 0.254. The lowest BCUT2D eigenvalue weighted by Crippen LogP contribution is -1.84. The van der Waals surface area contributed by atoms with Gasteiger partial charge in [0.2, 0.25) is 0 Å². The van der Waals surface area contributed by atoms with Gasteiger partial charge in [0.25, 0.3) is 0 Å². The Labute approximate surface area is 129 Å². The first-order valence-electron chi connectivity index (χ1n) is 5.40. The van der Waals surface area contributed by atoms with Crippen molar-refractivity contribution in [2.75, 3.05) is 0 Å². The van der Waals surface area contributed by atoms with Gasteiger partial charge in [-0.15, -0.1) is 0 Å². The molecule has 0 saturated heterocycles. The summed E-state index contributed by atoms with van der Waals surface area (Å²) < 4.78 is 0. The fourth-order valence-corrected chi connectivity index (χ4v) is 3.22. The molecule has 2 nitrogen and oxygen atoms in total. The van der Waals surface area contributed by atoms with Crippen LogP contribution in [0.3, 0.4) is 0 Å². The van der Waals surface area contributed by atoms with Crippen LogP contribution in [0.15, 0.2) is 46.5 Å². The second-order valence-corrected chi connectivity index (χ2v) is 6.07. The van der Waals surface area contributed by atoms with Crippen LogP contribution in [0.4, 0.5) is 0 Å². The number of hydrogen-bond donors (Lipinski definition) is 1. The van der Waals surface area contributed by atoms with Gasteiger partial charge in [-0.3, -0.25) is 0 Å². The molecule has 0 spiro atoms. The van der Waals surface area contributed by atoms with Gasteiger partial charge >= 0.3 is 0 Å². The van der Waals surface area contributed by atoms with Crippen LogP contribution in [-0.4, -0.2) is 9.97 Å². The summed E-state index contributed by atoms with van der Waals surface area (Å²) in [5, 5.41) is 3.81. The Kier molecular flexibility index (Phi) is 3.63. The standard InChI is InChI=1S/C13H7Cl3N2S/c14-8-6-9(15)13(18-12(8)16)19-11-5-7-3-1-2-4-10(7)17-11/h1-6,17H. The number of benzene rings is 1. The Balaban J connectivity index is 1.98. The van der Waals surface area contributed by atoms with E-state index in [1.54, 1.807) is 6.07 Å². The summed E-state index contributed by atoms with van der Waals surface area (Å²) >= 11 is 19.3. The molecule has 0 bridgehead atoms. The molecule has 0 aliphatic rings. The van der Waals surface area contributed by atoms with Gasteiger partial charge in [-0.1, -0.05) is 64.8 Å². The van der Waals surface area contributed by atoms with Gasteiger partial charge in [0.1, 0.15) is 10.2 Å². The van der Waals surface area contributed by atoms with Gasteiger partial charge in [0.05, 0.1) is 15.1 Å². The maximum Gasteiger partial charge on any atom is 0.149 e. The Hall–Kier alpha value is -0.870. The lowest BCUT2D eigenvalue weighted by molar-refractivity contribution is 1.12. The zero-order chi connectivity index (χ0) is 13.4. The average molecular weight is 330 g/mol. The summed E-state index contributed by atoms with van der Waals surface area (Å²) in [6.45, 7) is 0. The maximum absolute atomic E-state index is 6.11. The highest BCUT2D eigenvalue weighted by Gasteiger charge is 2.10. The molecule has 0 amide bonds. The van der Waals surface area contributed by atoms with Crippen molar-refractivity contribution < 1.29 is 0 Å². The van der Waals surface area contributed by atoms with E-state index in [-0.39, 0.29) is 5.15 Å². The van der Waals surface area contributed by atoms with Crippen molar-refractivity contribution in [3.63, 3.8) is 0 Å². The number of para-hydroxylation sites is 1. The summed E-state index contributed by atoms with van der Waals surface area (Å²) in [6, 6.07) is 11.7. The smallest absolute Gasteiger partial charge is 0.149 e. The van der Waals surface area contributed by atoms with Crippen molar-refractivity contribution in [2.45, 2.75) is 10.1 Å². The van der Waals surface area contributed by atoms with Gasteiger partial charge in [0.15, 0.2) is 0 Å². The van der Waals surface area contributed by atoms with Crippen molar-refractivity contribution in [1.29, 1.82) is 0 Å². The Bertz CT molecular complexity index is 722. The lowest BCUT2D eigenvalue weighted by Gasteiger charge is -2.03. The van der Waals surface area contributed by atoms with Crippen molar-refractivity contribution >= 4 is 57.5 Å². The fourth-order valence-electron chi connectivity index (χ4n) is 1.71. The van der Waals surface area contributed by atoms with E-state index in [9.17, 15) is 0 Å². The molecule has 6 heteroatoms. The maximum atomic E-state index is 6.11. The molecule has 2 heterocycles. The average Bonchev–Trinajstić information content (AvgIpc) is 2.78. The zero-order valence-corrected chi connectivity index (χ0v) is 12.5. The highest BCUT2D eigenvalue weighted by molar-refractivity contribution is 7.99. The molecule has 0 unspecified atom stereocenters. The number of halogens is 3. The van der Waals surface area contributed by atoms with E-state index in [4.69, 9.17) is 34.8 Å². The molecule has 19 heavy (non-hydrogen) atoms. The lowest BCUT2D eigenvalue weighted by atomic mass is 10.3. The summed E-state index contributed by atoms with van der Waals surface area (Å²) in [7, 11) is 0. The predicted octanol–water partition coefficient (Wildman–Crippen LogP) is 5.67. The number of aromatic amines is 1. The third kappa shape index (κ3) is 2.70. The normalized spacial score (nSPS) is 11.1. The predicted molar refractivity (Wildman–Crippen MR) is 81.7 cm³/mol. The molecule has 1 aromatic carbocycles. The summed E-state index contributed by atoms with van der Waals surface area (Å²) in [5.74, 6) is 0. The minimum Gasteiger partial charge on any atom is -0.349 e. The number of fused-ring (bicyclic) bond motifs is 1. The number of hydrogen-bond acceptors (Lipinski definition) is 2. The number of aromatic nitrogens is 2. The number of pyridine rings is 1. The van der Waals surface area contributed by atoms with Gasteiger partial charge < -0.3 is 4.98 Å². The summed E-state index contributed by atoms with van der Waals surface area (Å²) in [4.78, 5) is 7.48. The van der Waals surface area contributed by atoms with Crippen molar-refractivity contribution in [2.24, 2.45) is 0 Å². The van der Waals surface area contributed by atoms with Crippen LogP contribution in [0, 0.1) is 0 Å². The molecule has 0 aliphatic heterocycles. The van der Waals surface area contributed by atoms with E-state index in [1.165, 1.54) is 11.8 Å². The van der Waals surface area contributed by atoms with Crippen molar-refractivity contribution in [1.82, 2.24) is 9.97 Å². The Morgan fingerprint density at radius 3 is 2.58 bits per heavy atom. The molecule has 0 radical (unpaired) electrons. The molecule has 2 aromatic heterocycles. The molecule has 1 N–H and O–H groups in total. The van der Waals surface area contributed by atoms with Gasteiger partial charge in [-0.2, -0.15) is 0 Å². The van der Waals surface area contributed by atoms with Crippen LogP contribution in [-0.2, 0) is 0 Å². The highest BCUT2D eigenvalue weighted by Crippen LogP contribution is 2.36. The first-order valence-corrected chi connectivity index (χ1v) is 7.35. The Morgan fingerprint density at radius 1 is 1.00 bits per heavy atom. The SMILES string of the molecule is Clc1cc(Cl)c(Sc2cc3ccccc3[nH]2)nc1Cl. The molecule has 3 aromatic rings. The monoisotopic (exact) mass is 328 g/mol. The first kappa shape index (κ1) is 13.1. The highest BCUT2D eigenvalue weighted by atomic mass is 35.5. The first-order chi connectivity index (χ1) is 9.13. The van der Waals surface area contributed by atoms with Crippen LogP contribution < -0.4 is 0 Å². The van der Waals surface area contributed by atoms with E-state index in [0.717, 1.165) is 15.9 Å². The molecular formula is C13H7Cl3N2S. The summed E-state index contributed by atoms with van der Waals surface area (Å²) in [5.41, 5.74) is 1.07. The van der Waals surface area contributed by atoms with Crippen LogP contribution in [0.5, 0.6) is 0 Å². The number of nitrogens with zero attached hydrogens (tertiary/aromatic N) is 1. The van der Waals surface area contributed by atoms with Gasteiger partial charge in [0, 0.05) is 10.9 Å². The van der Waals surface area contributed by atoms with Crippen LogP contribution in [0.25, 0.3) is 10.9 Å². The topological polar surface area (TPSA) is 28.7 Å². The molecular weight excluding hydrogens is 323 g/mol. The van der Waals surface area contributed by atoms with Gasteiger partial charge in [-0.05, 0) is 18.2 Å². The number of nitrogens with one attached hydrogen (secondary N) is 1. The fraction of sp³-hybridized carbons (Fsp3) is 0. The molecule has 0 fully saturated rings. The van der Waals surface area contributed by atoms with E-state index < -0.39 is 0 Å². The number of rotatable bonds is 2. The second-order valence-electron chi connectivity index (χ2n) is 3.87. The molecule has 3 rings (SSSR count). The van der Waals surface area contributed by atoms with Crippen LogP contribution in [0.2, 0.25) is 15.2 Å². The second kappa shape index (κ2) is 5.25. The van der Waals surface area contributed by atoms with E-state index in [1.807, 2.05) is 30.3 Å². The van der Waals surface area contributed by atoms with Crippen molar-refractivity contribution in [3.8, 4) is 0 Å². The van der Waals surface area contributed by atoms with E-state index >= 15 is 0 Å². The summed E-state index contributed by atoms with van der Waals surface area (Å²) in [6.07, 6.45) is 0. The van der Waals surface area contributed by atoms with E-state index in [2.05, 4.69) is 9.97 Å². The van der Waals surface area contributed by atoms with E-state index in [0.29, 0.717) is 15.1 Å². The molecule has 0 aliphatic carbocycles. The molecule has 0 saturated carbocycles. The van der Waals surface area contributed by atoms with Crippen LogP contribution in [0.1, 0.15) is 0 Å². The quantitative estimate of drug-likeness (QED) is 0.613. The largest absolute Gasteiger partial charge is 0.349 e. The zero-order valence-electron chi connectivity index (χ0n) is 9.45. The number of H-pyrrole nitrogens is 1.